The Hall–Kier alpha value is -1.62. The molecule has 100 valence electrons. The van der Waals surface area contributed by atoms with Crippen LogP contribution in [-0.2, 0) is 4.74 Å². The minimum atomic E-state index is -0.150. The molecule has 0 radical (unpaired) electrons. The summed E-state index contributed by atoms with van der Waals surface area (Å²) in [5.41, 5.74) is 1.30. The molecule has 0 aliphatic rings. The molecule has 0 aromatic carbocycles. The van der Waals surface area contributed by atoms with Crippen LogP contribution < -0.4 is 10.6 Å². The van der Waals surface area contributed by atoms with Crippen molar-refractivity contribution < 1.29 is 9.53 Å². The predicted octanol–water partition coefficient (Wildman–Crippen LogP) is 1.67. The first kappa shape index (κ1) is 14.4. The lowest BCUT2D eigenvalue weighted by atomic mass is 10.3. The van der Waals surface area contributed by atoms with Crippen molar-refractivity contribution in [1.29, 1.82) is 0 Å². The van der Waals surface area contributed by atoms with Gasteiger partial charge >= 0.3 is 0 Å². The van der Waals surface area contributed by atoms with Gasteiger partial charge in [-0.15, -0.1) is 0 Å². The molecule has 0 spiro atoms. The Labute approximate surface area is 108 Å². The summed E-state index contributed by atoms with van der Waals surface area (Å²) < 4.78 is 5.33. The number of hydrogen-bond acceptors (Lipinski definition) is 4. The maximum Gasteiger partial charge on any atom is 0.269 e. The fraction of sp³-hybridized carbons (Fsp3) is 0.538. The van der Waals surface area contributed by atoms with Crippen LogP contribution in [0.3, 0.4) is 0 Å². The van der Waals surface area contributed by atoms with Crippen molar-refractivity contribution in [2.75, 3.05) is 32.1 Å². The Balaban J connectivity index is 2.27. The van der Waals surface area contributed by atoms with E-state index >= 15 is 0 Å². The smallest absolute Gasteiger partial charge is 0.269 e. The SMILES string of the molecule is CCCOCCCNC(=O)c1cc(NC)ccn1. The van der Waals surface area contributed by atoms with E-state index in [1.54, 1.807) is 12.3 Å². The van der Waals surface area contributed by atoms with Gasteiger partial charge in [-0.1, -0.05) is 6.92 Å². The minimum Gasteiger partial charge on any atom is -0.388 e. The summed E-state index contributed by atoms with van der Waals surface area (Å²) in [6.45, 7) is 4.13. The molecule has 0 bridgehead atoms. The van der Waals surface area contributed by atoms with Gasteiger partial charge in [0.2, 0.25) is 0 Å². The summed E-state index contributed by atoms with van der Waals surface area (Å²) in [5, 5.41) is 5.79. The van der Waals surface area contributed by atoms with Crippen molar-refractivity contribution >= 4 is 11.6 Å². The molecule has 1 aromatic heterocycles. The molecule has 0 saturated heterocycles. The lowest BCUT2D eigenvalue weighted by Gasteiger charge is -2.06. The van der Waals surface area contributed by atoms with Crippen molar-refractivity contribution in [2.45, 2.75) is 19.8 Å². The zero-order valence-corrected chi connectivity index (χ0v) is 11.0. The van der Waals surface area contributed by atoms with Gasteiger partial charge in [-0.25, -0.2) is 0 Å². The minimum absolute atomic E-state index is 0.150. The molecule has 0 aliphatic heterocycles. The van der Waals surface area contributed by atoms with E-state index in [9.17, 15) is 4.79 Å². The topological polar surface area (TPSA) is 63.2 Å². The number of rotatable bonds is 8. The normalized spacial score (nSPS) is 10.1. The number of amides is 1. The molecule has 0 saturated carbocycles. The highest BCUT2D eigenvalue weighted by Crippen LogP contribution is 2.06. The fourth-order valence-electron chi connectivity index (χ4n) is 1.42. The van der Waals surface area contributed by atoms with E-state index in [2.05, 4.69) is 22.5 Å². The van der Waals surface area contributed by atoms with Crippen molar-refractivity contribution in [3.63, 3.8) is 0 Å². The van der Waals surface area contributed by atoms with Crippen molar-refractivity contribution in [1.82, 2.24) is 10.3 Å². The fourth-order valence-corrected chi connectivity index (χ4v) is 1.42. The third-order valence-corrected chi connectivity index (χ3v) is 2.38. The van der Waals surface area contributed by atoms with Gasteiger partial charge in [-0.05, 0) is 25.0 Å². The second kappa shape index (κ2) is 8.47. The van der Waals surface area contributed by atoms with Gasteiger partial charge < -0.3 is 15.4 Å². The maximum absolute atomic E-state index is 11.8. The van der Waals surface area contributed by atoms with Crippen molar-refractivity contribution in [3.8, 4) is 0 Å². The summed E-state index contributed by atoms with van der Waals surface area (Å²) in [6.07, 6.45) is 3.45. The third kappa shape index (κ3) is 5.14. The predicted molar refractivity (Wildman–Crippen MR) is 71.8 cm³/mol. The van der Waals surface area contributed by atoms with E-state index in [0.717, 1.165) is 25.1 Å². The van der Waals surface area contributed by atoms with Gasteiger partial charge in [-0.3, -0.25) is 9.78 Å². The van der Waals surface area contributed by atoms with Crippen LogP contribution in [0.1, 0.15) is 30.3 Å². The van der Waals surface area contributed by atoms with Crippen LogP contribution in [0.4, 0.5) is 5.69 Å². The van der Waals surface area contributed by atoms with Gasteiger partial charge in [0, 0.05) is 38.7 Å². The van der Waals surface area contributed by atoms with Crippen molar-refractivity contribution in [2.24, 2.45) is 0 Å². The summed E-state index contributed by atoms with van der Waals surface area (Å²) in [4.78, 5) is 15.8. The maximum atomic E-state index is 11.8. The Morgan fingerprint density at radius 1 is 1.44 bits per heavy atom. The lowest BCUT2D eigenvalue weighted by Crippen LogP contribution is -2.26. The molecular formula is C13H21N3O2. The average molecular weight is 251 g/mol. The number of carbonyl (C=O) groups excluding carboxylic acids is 1. The molecule has 0 fully saturated rings. The lowest BCUT2D eigenvalue weighted by molar-refractivity contribution is 0.0936. The number of ether oxygens (including phenoxy) is 1. The zero-order valence-electron chi connectivity index (χ0n) is 11.0. The summed E-state index contributed by atoms with van der Waals surface area (Å²) in [7, 11) is 1.81. The van der Waals surface area contributed by atoms with Gasteiger partial charge in [0.25, 0.3) is 5.91 Å². The Morgan fingerprint density at radius 3 is 3.00 bits per heavy atom. The van der Waals surface area contributed by atoms with Crippen LogP contribution in [0, 0.1) is 0 Å². The molecule has 1 aromatic rings. The molecule has 0 atom stereocenters. The molecule has 1 amide bonds. The van der Waals surface area contributed by atoms with Crippen LogP contribution in [-0.4, -0.2) is 37.7 Å². The molecular weight excluding hydrogens is 230 g/mol. The number of carbonyl (C=O) groups is 1. The second-order valence-corrected chi connectivity index (χ2v) is 3.90. The van der Waals surface area contributed by atoms with Gasteiger partial charge in [-0.2, -0.15) is 0 Å². The Morgan fingerprint density at radius 2 is 2.28 bits per heavy atom. The molecule has 18 heavy (non-hydrogen) atoms. The highest BCUT2D eigenvalue weighted by molar-refractivity contribution is 5.93. The average Bonchev–Trinajstić information content (AvgIpc) is 2.42. The zero-order chi connectivity index (χ0) is 13.2. The molecule has 1 rings (SSSR count). The number of pyridine rings is 1. The quantitative estimate of drug-likeness (QED) is 0.690. The van der Waals surface area contributed by atoms with Gasteiger partial charge in [0.15, 0.2) is 0 Å². The van der Waals surface area contributed by atoms with E-state index in [4.69, 9.17) is 4.74 Å². The molecule has 5 nitrogen and oxygen atoms in total. The van der Waals surface area contributed by atoms with Crippen molar-refractivity contribution in [3.05, 3.63) is 24.0 Å². The second-order valence-electron chi connectivity index (χ2n) is 3.90. The molecule has 1 heterocycles. The monoisotopic (exact) mass is 251 g/mol. The first-order valence-corrected chi connectivity index (χ1v) is 6.27. The van der Waals surface area contributed by atoms with Crippen LogP contribution in [0.15, 0.2) is 18.3 Å². The summed E-state index contributed by atoms with van der Waals surface area (Å²) >= 11 is 0. The standard InChI is InChI=1S/C13H21N3O2/c1-3-8-18-9-4-6-16-13(17)12-10-11(14-2)5-7-15-12/h5,7,10H,3-4,6,8-9H2,1-2H3,(H,14,15)(H,16,17). The van der Waals surface area contributed by atoms with E-state index in [1.165, 1.54) is 0 Å². The van der Waals surface area contributed by atoms with E-state index in [1.807, 2.05) is 13.1 Å². The number of hydrogen-bond donors (Lipinski definition) is 2. The molecule has 5 heteroatoms. The number of aromatic nitrogens is 1. The molecule has 2 N–H and O–H groups in total. The molecule has 0 aliphatic carbocycles. The number of anilines is 1. The third-order valence-electron chi connectivity index (χ3n) is 2.38. The first-order valence-electron chi connectivity index (χ1n) is 6.27. The van der Waals surface area contributed by atoms with Gasteiger partial charge in [0.05, 0.1) is 0 Å². The van der Waals surface area contributed by atoms with Gasteiger partial charge in [0.1, 0.15) is 5.69 Å². The summed E-state index contributed by atoms with van der Waals surface area (Å²) in [6, 6.07) is 3.54. The molecule has 0 unspecified atom stereocenters. The van der Waals surface area contributed by atoms with E-state index < -0.39 is 0 Å². The number of nitrogens with zero attached hydrogens (tertiary/aromatic N) is 1. The van der Waals surface area contributed by atoms with E-state index in [-0.39, 0.29) is 5.91 Å². The summed E-state index contributed by atoms with van der Waals surface area (Å²) in [5.74, 6) is -0.150. The Bertz CT molecular complexity index is 369. The highest BCUT2D eigenvalue weighted by Gasteiger charge is 2.06. The van der Waals surface area contributed by atoms with E-state index in [0.29, 0.717) is 18.8 Å². The highest BCUT2D eigenvalue weighted by atomic mass is 16.5. The Kier molecular flexibility index (Phi) is 6.79. The first-order chi connectivity index (χ1) is 8.77. The number of nitrogens with one attached hydrogen (secondary N) is 2. The van der Waals surface area contributed by atoms with Crippen LogP contribution in [0.25, 0.3) is 0 Å². The van der Waals surface area contributed by atoms with Crippen LogP contribution >= 0.6 is 0 Å². The van der Waals surface area contributed by atoms with Crippen LogP contribution in [0.2, 0.25) is 0 Å². The largest absolute Gasteiger partial charge is 0.388 e. The van der Waals surface area contributed by atoms with Crippen LogP contribution in [0.5, 0.6) is 0 Å².